The molecule has 0 bridgehead atoms. The number of nitrogens with one attached hydrogen (secondary N) is 1. The van der Waals surface area contributed by atoms with Crippen LogP contribution in [0.1, 0.15) is 37.4 Å². The summed E-state index contributed by atoms with van der Waals surface area (Å²) in [7, 11) is 0. The molecule has 2 aromatic carbocycles. The van der Waals surface area contributed by atoms with Gasteiger partial charge in [0.2, 0.25) is 5.91 Å². The Kier molecular flexibility index (Phi) is 3.76. The zero-order chi connectivity index (χ0) is 15.5. The highest BCUT2D eigenvalue weighted by atomic mass is 16.1. The van der Waals surface area contributed by atoms with E-state index in [1.165, 1.54) is 0 Å². The third kappa shape index (κ3) is 2.77. The van der Waals surface area contributed by atoms with Crippen LogP contribution >= 0.6 is 0 Å². The Hall–Kier alpha value is -2.86. The molecule has 0 aliphatic carbocycles. The van der Waals surface area contributed by atoms with Crippen LogP contribution in [0, 0.1) is 11.3 Å². The number of hydrogen-bond donors (Lipinski definition) is 1. The number of hydrogen-bond acceptors (Lipinski definition) is 2. The number of carbonyl (C=O) groups is 1. The molecule has 3 nitrogen and oxygen atoms in total. The summed E-state index contributed by atoms with van der Waals surface area (Å²) in [6.45, 7) is 1.94. The second-order valence-corrected chi connectivity index (χ2v) is 5.54. The van der Waals surface area contributed by atoms with Crippen molar-refractivity contribution in [2.75, 3.05) is 5.32 Å². The normalized spacial score (nSPS) is 14.9. The Bertz CT molecular complexity index is 791. The summed E-state index contributed by atoms with van der Waals surface area (Å²) in [4.78, 5) is 11.7. The number of nitriles is 1. The molecule has 0 saturated carbocycles. The molecule has 110 valence electrons. The Morgan fingerprint density at radius 2 is 1.95 bits per heavy atom. The van der Waals surface area contributed by atoms with E-state index in [0.717, 1.165) is 28.0 Å². The van der Waals surface area contributed by atoms with Gasteiger partial charge in [-0.3, -0.25) is 4.79 Å². The molecular weight excluding hydrogens is 272 g/mol. The second-order valence-electron chi connectivity index (χ2n) is 5.54. The molecule has 3 rings (SSSR count). The lowest BCUT2D eigenvalue weighted by molar-refractivity contribution is -0.115. The number of fused-ring (bicyclic) bond motifs is 1. The first-order valence-corrected chi connectivity index (χ1v) is 7.23. The fourth-order valence-electron chi connectivity index (χ4n) is 2.75. The molecule has 1 aliphatic heterocycles. The number of benzene rings is 2. The molecule has 22 heavy (non-hydrogen) atoms. The second kappa shape index (κ2) is 5.87. The van der Waals surface area contributed by atoms with Gasteiger partial charge in [0, 0.05) is 13.5 Å². The van der Waals surface area contributed by atoms with Crippen molar-refractivity contribution in [2.24, 2.45) is 0 Å². The lowest BCUT2D eigenvalue weighted by Gasteiger charge is -2.13. The first-order valence-electron chi connectivity index (χ1n) is 7.23. The quantitative estimate of drug-likeness (QED) is 0.894. The number of amides is 1. The highest BCUT2D eigenvalue weighted by molar-refractivity contribution is 5.97. The molecule has 1 aliphatic rings. The Balaban J connectivity index is 0.00000192. The average Bonchev–Trinajstić information content (AvgIpc) is 2.65. The molecule has 0 fully saturated rings. The van der Waals surface area contributed by atoms with Crippen LogP contribution in [0.3, 0.4) is 0 Å². The summed E-state index contributed by atoms with van der Waals surface area (Å²) in [5.41, 5.74) is 4.69. The lowest BCUT2D eigenvalue weighted by Crippen LogP contribution is -2.10. The molecule has 1 heterocycles. The van der Waals surface area contributed by atoms with E-state index in [1.54, 1.807) is 0 Å². The fourth-order valence-corrected chi connectivity index (χ4v) is 2.75. The van der Waals surface area contributed by atoms with E-state index < -0.39 is 0 Å². The maximum Gasteiger partial charge on any atom is 0.228 e. The third-order valence-electron chi connectivity index (χ3n) is 3.79. The van der Waals surface area contributed by atoms with Crippen molar-refractivity contribution >= 4 is 17.7 Å². The van der Waals surface area contributed by atoms with Crippen molar-refractivity contribution in [2.45, 2.75) is 19.3 Å². The van der Waals surface area contributed by atoms with Crippen molar-refractivity contribution in [3.8, 4) is 6.07 Å². The molecule has 0 aromatic heterocycles. The molecule has 1 unspecified atom stereocenters. The summed E-state index contributed by atoms with van der Waals surface area (Å²) >= 11 is 0. The van der Waals surface area contributed by atoms with E-state index in [2.05, 4.69) is 11.4 Å². The van der Waals surface area contributed by atoms with E-state index in [0.29, 0.717) is 6.42 Å². The minimum atomic E-state index is -0.306. The molecule has 1 atom stereocenters. The Morgan fingerprint density at radius 3 is 2.68 bits per heavy atom. The van der Waals surface area contributed by atoms with Gasteiger partial charge in [0.15, 0.2) is 0 Å². The summed E-state index contributed by atoms with van der Waals surface area (Å²) in [6.07, 6.45) is 2.42. The zero-order valence-electron chi connectivity index (χ0n) is 12.3. The van der Waals surface area contributed by atoms with E-state index in [4.69, 9.17) is 0 Å². The zero-order valence-corrected chi connectivity index (χ0v) is 12.3. The van der Waals surface area contributed by atoms with Crippen LogP contribution in [-0.2, 0) is 4.79 Å². The molecular formula is C19H18N2O. The summed E-state index contributed by atoms with van der Waals surface area (Å²) < 4.78 is 0. The van der Waals surface area contributed by atoms with Crippen molar-refractivity contribution < 1.29 is 6.22 Å². The summed E-state index contributed by atoms with van der Waals surface area (Å²) in [6, 6.07) is 17.9. The Morgan fingerprint density at radius 1 is 1.18 bits per heavy atom. The smallest absolute Gasteiger partial charge is 0.228 e. The molecule has 0 spiro atoms. The van der Waals surface area contributed by atoms with E-state index in [1.807, 2.05) is 61.5 Å². The standard InChI is InChI=1S/C19H16N2O.H2/c1-13-9-16-11-15(7-8-18(16)21-19(22)10-13)17(12-20)14-5-3-2-4-6-14;/h2-9,11,17H,10H2,1H3,(H,21,22);1H. The molecule has 0 radical (unpaired) electrons. The van der Waals surface area contributed by atoms with Gasteiger partial charge in [0.05, 0.1) is 12.0 Å². The summed E-state index contributed by atoms with van der Waals surface area (Å²) in [5, 5.41) is 12.5. The SMILES string of the molecule is CC1=Cc2cc(C(C#N)c3ccccc3)ccc2NC(=O)C1.[HH]. The van der Waals surface area contributed by atoms with Gasteiger partial charge >= 0.3 is 0 Å². The molecule has 1 amide bonds. The minimum Gasteiger partial charge on any atom is -0.325 e. The van der Waals surface area contributed by atoms with Crippen molar-refractivity contribution in [3.05, 3.63) is 70.8 Å². The van der Waals surface area contributed by atoms with Gasteiger partial charge in [-0.25, -0.2) is 0 Å². The van der Waals surface area contributed by atoms with Gasteiger partial charge in [0.1, 0.15) is 0 Å². The van der Waals surface area contributed by atoms with Crippen LogP contribution in [0.5, 0.6) is 0 Å². The minimum absolute atomic E-state index is 0. The van der Waals surface area contributed by atoms with Gasteiger partial charge in [0.25, 0.3) is 0 Å². The van der Waals surface area contributed by atoms with E-state index in [-0.39, 0.29) is 13.3 Å². The van der Waals surface area contributed by atoms with Crippen LogP contribution in [-0.4, -0.2) is 5.91 Å². The van der Waals surface area contributed by atoms with E-state index in [9.17, 15) is 10.1 Å². The summed E-state index contributed by atoms with van der Waals surface area (Å²) in [5.74, 6) is -0.306. The number of anilines is 1. The number of carbonyl (C=O) groups excluding carboxylic acids is 1. The third-order valence-corrected chi connectivity index (χ3v) is 3.79. The number of rotatable bonds is 2. The molecule has 0 saturated heterocycles. The maximum atomic E-state index is 11.7. The van der Waals surface area contributed by atoms with Crippen LogP contribution in [0.4, 0.5) is 5.69 Å². The highest BCUT2D eigenvalue weighted by Crippen LogP contribution is 2.30. The predicted molar refractivity (Wildman–Crippen MR) is 89.4 cm³/mol. The van der Waals surface area contributed by atoms with Gasteiger partial charge < -0.3 is 5.32 Å². The topological polar surface area (TPSA) is 52.9 Å². The first-order chi connectivity index (χ1) is 10.7. The first kappa shape index (κ1) is 14.1. The average molecular weight is 290 g/mol. The largest absolute Gasteiger partial charge is 0.325 e. The van der Waals surface area contributed by atoms with E-state index >= 15 is 0 Å². The van der Waals surface area contributed by atoms with Gasteiger partial charge in [-0.15, -0.1) is 0 Å². The van der Waals surface area contributed by atoms with Crippen LogP contribution in [0.2, 0.25) is 0 Å². The molecule has 3 heteroatoms. The Labute approximate surface area is 131 Å². The van der Waals surface area contributed by atoms with Gasteiger partial charge in [-0.1, -0.05) is 48.0 Å². The predicted octanol–water partition coefficient (Wildman–Crippen LogP) is 4.33. The van der Waals surface area contributed by atoms with Crippen LogP contribution < -0.4 is 5.32 Å². The highest BCUT2D eigenvalue weighted by Gasteiger charge is 2.17. The van der Waals surface area contributed by atoms with Crippen molar-refractivity contribution in [3.63, 3.8) is 0 Å². The monoisotopic (exact) mass is 290 g/mol. The van der Waals surface area contributed by atoms with Crippen LogP contribution in [0.15, 0.2) is 54.1 Å². The number of nitrogens with zero attached hydrogens (tertiary/aromatic N) is 1. The van der Waals surface area contributed by atoms with Crippen LogP contribution in [0.25, 0.3) is 6.08 Å². The van der Waals surface area contributed by atoms with Gasteiger partial charge in [-0.05, 0) is 35.7 Å². The maximum absolute atomic E-state index is 11.7. The molecule has 2 aromatic rings. The van der Waals surface area contributed by atoms with Crippen molar-refractivity contribution in [1.29, 1.82) is 5.26 Å². The lowest BCUT2D eigenvalue weighted by atomic mass is 9.91. The fraction of sp³-hybridized carbons (Fsp3) is 0.158. The van der Waals surface area contributed by atoms with Gasteiger partial charge in [-0.2, -0.15) is 5.26 Å². The van der Waals surface area contributed by atoms with Crippen molar-refractivity contribution in [1.82, 2.24) is 0 Å². The molecule has 1 N–H and O–H groups in total.